The zero-order valence-electron chi connectivity index (χ0n) is 37.3. The van der Waals surface area contributed by atoms with E-state index in [2.05, 4.69) is 33.8 Å². The Morgan fingerprint density at radius 3 is 2.05 bits per heavy atom. The first-order valence-electron chi connectivity index (χ1n) is 20.5. The number of aromatic nitrogens is 1. The van der Waals surface area contributed by atoms with E-state index in [-0.39, 0.29) is 22.4 Å². The summed E-state index contributed by atoms with van der Waals surface area (Å²) in [5.74, 6) is -1.18. The number of hydrogen-bond acceptors (Lipinski definition) is 10. The smallest absolute Gasteiger partial charge is 0.408 e. The van der Waals surface area contributed by atoms with Gasteiger partial charge in [0.2, 0.25) is 11.8 Å². The molecule has 1 aromatic heterocycles. The van der Waals surface area contributed by atoms with E-state index in [4.69, 9.17) is 19.2 Å². The molecule has 0 aliphatic carbocycles. The van der Waals surface area contributed by atoms with E-state index in [9.17, 15) is 27.6 Å². The molecule has 5 rings (SSSR count). The van der Waals surface area contributed by atoms with E-state index >= 15 is 0 Å². The van der Waals surface area contributed by atoms with Crippen LogP contribution in [0.2, 0.25) is 0 Å². The van der Waals surface area contributed by atoms with Crippen molar-refractivity contribution in [2.24, 2.45) is 5.41 Å². The molecule has 1 heterocycles. The molecule has 5 aromatic rings. The van der Waals surface area contributed by atoms with Crippen LogP contribution >= 0.6 is 0 Å². The van der Waals surface area contributed by atoms with Crippen molar-refractivity contribution in [1.82, 2.24) is 25.7 Å². The normalized spacial score (nSPS) is 13.1. The Morgan fingerprint density at radius 1 is 0.750 bits per heavy atom. The Balaban J connectivity index is 1.54. The second-order valence-electron chi connectivity index (χ2n) is 16.9. The number of fused-ring (bicyclic) bond motifs is 1. The van der Waals surface area contributed by atoms with E-state index < -0.39 is 63.0 Å². The molecule has 0 saturated heterocycles. The lowest BCUT2D eigenvalue weighted by Crippen LogP contribution is -2.57. The van der Waals surface area contributed by atoms with E-state index in [1.807, 2.05) is 42.5 Å². The van der Waals surface area contributed by atoms with Gasteiger partial charge in [-0.15, -0.1) is 0 Å². The van der Waals surface area contributed by atoms with Gasteiger partial charge in [-0.2, -0.15) is 0 Å². The molecule has 15 heteroatoms. The third-order valence-electron chi connectivity index (χ3n) is 9.90. The fraction of sp³-hybridized carbons (Fsp3) is 0.286. The molecular formula is C49H55N5O9S. The topological polar surface area (TPSA) is 191 Å². The largest absolute Gasteiger partial charge is 0.497 e. The average molecular weight is 890 g/mol. The Morgan fingerprint density at radius 2 is 1.42 bits per heavy atom. The van der Waals surface area contributed by atoms with Gasteiger partial charge < -0.3 is 30.2 Å². The summed E-state index contributed by atoms with van der Waals surface area (Å²) in [4.78, 5) is 60.0. The minimum absolute atomic E-state index is 0.0247. The fourth-order valence-corrected chi connectivity index (χ4v) is 7.89. The molecule has 0 saturated carbocycles. The van der Waals surface area contributed by atoms with Crippen LogP contribution in [0.15, 0.2) is 115 Å². The molecule has 336 valence electrons. The number of nitrogens with zero attached hydrogens (tertiary/aromatic N) is 1. The van der Waals surface area contributed by atoms with E-state index in [0.717, 1.165) is 5.56 Å². The molecule has 0 aliphatic heterocycles. The van der Waals surface area contributed by atoms with Gasteiger partial charge >= 0.3 is 6.09 Å². The van der Waals surface area contributed by atoms with Crippen LogP contribution in [-0.2, 0) is 29.1 Å². The maximum absolute atomic E-state index is 14.5. The first kappa shape index (κ1) is 48.0. The van der Waals surface area contributed by atoms with Gasteiger partial charge in [-0.05, 0) is 74.1 Å². The van der Waals surface area contributed by atoms with Gasteiger partial charge in [-0.25, -0.2) is 22.9 Å². The Bertz CT molecular complexity index is 2670. The Kier molecular flexibility index (Phi) is 15.0. The Labute approximate surface area is 374 Å². The number of ether oxygens (including phenoxy) is 3. The molecule has 64 heavy (non-hydrogen) atoms. The fourth-order valence-electron chi connectivity index (χ4n) is 6.65. The number of carbonyl (C=O) groups is 4. The molecule has 14 nitrogen and oxygen atoms in total. The quantitative estimate of drug-likeness (QED) is 0.0747. The summed E-state index contributed by atoms with van der Waals surface area (Å²) in [6.07, 6.45) is 2.00. The second-order valence-corrected chi connectivity index (χ2v) is 18.6. The van der Waals surface area contributed by atoms with Crippen molar-refractivity contribution < 1.29 is 41.8 Å². The number of methoxy groups -OCH3 is 1. The molecule has 4 amide bonds. The van der Waals surface area contributed by atoms with Crippen molar-refractivity contribution >= 4 is 56.9 Å². The van der Waals surface area contributed by atoms with Gasteiger partial charge in [0.15, 0.2) is 0 Å². The van der Waals surface area contributed by atoms with Crippen molar-refractivity contribution in [3.8, 4) is 28.5 Å². The summed E-state index contributed by atoms with van der Waals surface area (Å²) in [6, 6.07) is 23.6. The molecule has 0 radical (unpaired) electrons. The third-order valence-corrected chi connectivity index (χ3v) is 11.3. The van der Waals surface area contributed by atoms with Crippen molar-refractivity contribution in [2.45, 2.75) is 83.5 Å². The maximum Gasteiger partial charge on any atom is 0.408 e. The molecule has 0 aliphatic rings. The highest BCUT2D eigenvalue weighted by Crippen LogP contribution is 2.37. The lowest BCUT2D eigenvalue weighted by molar-refractivity contribution is -0.133. The zero-order chi connectivity index (χ0) is 47.0. The highest BCUT2D eigenvalue weighted by atomic mass is 32.2. The monoisotopic (exact) mass is 889 g/mol. The number of amides is 4. The molecule has 0 bridgehead atoms. The molecule has 3 atom stereocenters. The van der Waals surface area contributed by atoms with Crippen molar-refractivity contribution in [3.63, 3.8) is 0 Å². The van der Waals surface area contributed by atoms with Crippen LogP contribution in [0, 0.1) is 5.41 Å². The highest BCUT2D eigenvalue weighted by Gasteiger charge is 2.38. The third kappa shape index (κ3) is 11.9. The molecule has 0 unspecified atom stereocenters. The van der Waals surface area contributed by atoms with Crippen LogP contribution in [0.1, 0.15) is 77.6 Å². The Hall–Kier alpha value is -7.00. The summed E-state index contributed by atoms with van der Waals surface area (Å²) in [7, 11) is -2.82. The van der Waals surface area contributed by atoms with Gasteiger partial charge in [0.1, 0.15) is 41.0 Å². The number of benzene rings is 4. The number of alkyl carbamates (subject to hydrolysis) is 1. The van der Waals surface area contributed by atoms with Gasteiger partial charge in [-0.1, -0.05) is 108 Å². The lowest BCUT2D eigenvalue weighted by Gasteiger charge is -2.33. The van der Waals surface area contributed by atoms with Crippen LogP contribution in [-0.4, -0.2) is 62.0 Å². The maximum atomic E-state index is 14.5. The minimum Gasteiger partial charge on any atom is -0.497 e. The predicted octanol–water partition coefficient (Wildman–Crippen LogP) is 8.49. The summed E-state index contributed by atoms with van der Waals surface area (Å²) in [5.41, 5.74) is 1.32. The number of hydrogen-bond donors (Lipinski definition) is 4. The van der Waals surface area contributed by atoms with Gasteiger partial charge in [0, 0.05) is 28.6 Å². The van der Waals surface area contributed by atoms with Crippen LogP contribution in [0.4, 0.5) is 4.79 Å². The standard InChI is InChI=1S/C49H55N5O9S/c1-11-30-19-17-18-22-41(30)64(59,60)54-44(55)36(13-3)51-45(56)42(52-46(57)43(48(4,5)6)53-47(58)63-49(7,8)9)33-23-26-39(31(12-2)27-33)62-40-29-37(32-20-15-14-16-21-32)50-38-28-34(61-10)24-25-35(38)40/h11-12,14-29,36,42-43H,1-2,13H2,3-10H3,(H,51,56)(H,52,57)(H,53,58)(H,54,55)/t36-,42+,43+/m0/s1. The van der Waals surface area contributed by atoms with Crippen LogP contribution in [0.3, 0.4) is 0 Å². The second kappa shape index (κ2) is 20.0. The van der Waals surface area contributed by atoms with Crippen LogP contribution in [0.25, 0.3) is 34.3 Å². The number of carbonyl (C=O) groups excluding carboxylic acids is 4. The van der Waals surface area contributed by atoms with Gasteiger partial charge in [0.25, 0.3) is 15.9 Å². The van der Waals surface area contributed by atoms with Gasteiger partial charge in [-0.3, -0.25) is 14.4 Å². The lowest BCUT2D eigenvalue weighted by atomic mass is 9.86. The molecule has 4 aromatic carbocycles. The van der Waals surface area contributed by atoms with Crippen molar-refractivity contribution in [1.29, 1.82) is 0 Å². The summed E-state index contributed by atoms with van der Waals surface area (Å²) in [5, 5.41) is 8.72. The molecule has 4 N–H and O–H groups in total. The molecular weight excluding hydrogens is 835 g/mol. The number of nitrogens with one attached hydrogen (secondary N) is 4. The van der Waals surface area contributed by atoms with E-state index in [1.54, 1.807) is 92.0 Å². The SMILES string of the molecule is C=Cc1cc([C@@H](NC(=O)[C@@H](NC(=O)OC(C)(C)C)C(C)(C)C)C(=O)N[C@@H](CC)C(=O)NS(=O)(=O)c2ccccc2C=C)ccc1Oc1cc(-c2ccccc2)nc2cc(OC)ccc12. The van der Waals surface area contributed by atoms with E-state index in [0.29, 0.717) is 39.4 Å². The van der Waals surface area contributed by atoms with Crippen LogP contribution < -0.4 is 30.1 Å². The first-order valence-corrected chi connectivity index (χ1v) is 22.0. The highest BCUT2D eigenvalue weighted by molar-refractivity contribution is 7.90. The molecule has 0 spiro atoms. The van der Waals surface area contributed by atoms with Gasteiger partial charge in [0.05, 0.1) is 23.2 Å². The number of pyridine rings is 1. The van der Waals surface area contributed by atoms with Crippen LogP contribution in [0.5, 0.6) is 17.2 Å². The molecule has 0 fully saturated rings. The van der Waals surface area contributed by atoms with Crippen molar-refractivity contribution in [2.75, 3.05) is 7.11 Å². The number of sulfonamides is 1. The summed E-state index contributed by atoms with van der Waals surface area (Å²) >= 11 is 0. The average Bonchev–Trinajstić information content (AvgIpc) is 3.25. The number of rotatable bonds is 16. The predicted molar refractivity (Wildman–Crippen MR) is 248 cm³/mol. The minimum atomic E-state index is -4.39. The summed E-state index contributed by atoms with van der Waals surface area (Å²) < 4.78 is 46.3. The van der Waals surface area contributed by atoms with Crippen molar-refractivity contribution in [3.05, 3.63) is 127 Å². The first-order chi connectivity index (χ1) is 30.2. The summed E-state index contributed by atoms with van der Waals surface area (Å²) in [6.45, 7) is 19.5. The van der Waals surface area contributed by atoms with E-state index in [1.165, 1.54) is 30.4 Å². The zero-order valence-corrected chi connectivity index (χ0v) is 38.1.